The van der Waals surface area contributed by atoms with Crippen molar-refractivity contribution >= 4 is 9.84 Å². The van der Waals surface area contributed by atoms with Crippen LogP contribution in [0.1, 0.15) is 12.1 Å². The number of nitrogens with one attached hydrogen (secondary N) is 1. The molecule has 6 heteroatoms. The van der Waals surface area contributed by atoms with Crippen molar-refractivity contribution in [3.63, 3.8) is 0 Å². The van der Waals surface area contributed by atoms with Gasteiger partial charge >= 0.3 is 0 Å². The molecule has 5 nitrogen and oxygen atoms in total. The van der Waals surface area contributed by atoms with Crippen LogP contribution in [-0.4, -0.2) is 36.5 Å². The zero-order valence-corrected chi connectivity index (χ0v) is 9.92. The van der Waals surface area contributed by atoms with Crippen molar-refractivity contribution in [2.45, 2.75) is 13.0 Å². The van der Waals surface area contributed by atoms with Crippen LogP contribution in [-0.2, 0) is 23.4 Å². The van der Waals surface area contributed by atoms with E-state index in [1.807, 2.05) is 11.6 Å². The Kier molecular flexibility index (Phi) is 4.28. The average Bonchev–Trinajstić information content (AvgIpc) is 2.49. The van der Waals surface area contributed by atoms with Crippen molar-refractivity contribution in [3.05, 3.63) is 18.2 Å². The van der Waals surface area contributed by atoms with E-state index in [4.69, 9.17) is 0 Å². The molecule has 0 aliphatic heterocycles. The number of aryl methyl sites for hydroxylation is 1. The van der Waals surface area contributed by atoms with Crippen molar-refractivity contribution in [1.82, 2.24) is 14.9 Å². The average molecular weight is 231 g/mol. The molecule has 15 heavy (non-hydrogen) atoms. The Bertz CT molecular complexity index is 397. The smallest absolute Gasteiger partial charge is 0.147 e. The molecule has 0 aliphatic carbocycles. The summed E-state index contributed by atoms with van der Waals surface area (Å²) in [5, 5.41) is 3.18. The maximum absolute atomic E-state index is 10.8. The normalized spacial score (nSPS) is 11.9. The van der Waals surface area contributed by atoms with Crippen molar-refractivity contribution in [1.29, 1.82) is 0 Å². The first kappa shape index (κ1) is 12.2. The molecule has 0 amide bonds. The molecular weight excluding hydrogens is 214 g/mol. The molecule has 0 saturated carbocycles. The lowest BCUT2D eigenvalue weighted by molar-refractivity contribution is 0.592. The van der Waals surface area contributed by atoms with Gasteiger partial charge in [-0.05, 0) is 13.0 Å². The quantitative estimate of drug-likeness (QED) is 0.697. The summed E-state index contributed by atoms with van der Waals surface area (Å²) in [7, 11) is -0.893. The van der Waals surface area contributed by atoms with Gasteiger partial charge in [0.2, 0.25) is 0 Å². The van der Waals surface area contributed by atoms with Crippen LogP contribution in [0.4, 0.5) is 0 Å². The Morgan fingerprint density at radius 1 is 1.53 bits per heavy atom. The highest BCUT2D eigenvalue weighted by molar-refractivity contribution is 7.90. The van der Waals surface area contributed by atoms with Gasteiger partial charge in [-0.2, -0.15) is 0 Å². The van der Waals surface area contributed by atoms with Crippen LogP contribution in [0.5, 0.6) is 0 Å². The number of aromatic nitrogens is 2. The largest absolute Gasteiger partial charge is 0.337 e. The highest BCUT2D eigenvalue weighted by Gasteiger charge is 2.01. The van der Waals surface area contributed by atoms with E-state index >= 15 is 0 Å². The van der Waals surface area contributed by atoms with Gasteiger partial charge in [-0.3, -0.25) is 0 Å². The van der Waals surface area contributed by atoms with E-state index in [1.165, 1.54) is 6.26 Å². The Morgan fingerprint density at radius 3 is 2.80 bits per heavy atom. The van der Waals surface area contributed by atoms with E-state index in [9.17, 15) is 8.42 Å². The summed E-state index contributed by atoms with van der Waals surface area (Å²) in [6.07, 6.45) is 5.45. The van der Waals surface area contributed by atoms with Gasteiger partial charge in [-0.15, -0.1) is 0 Å². The molecule has 1 rings (SSSR count). The molecule has 1 N–H and O–H groups in total. The number of sulfone groups is 1. The minimum absolute atomic E-state index is 0.241. The van der Waals surface area contributed by atoms with E-state index in [0.717, 1.165) is 12.2 Å². The van der Waals surface area contributed by atoms with E-state index in [0.29, 0.717) is 13.0 Å². The summed E-state index contributed by atoms with van der Waals surface area (Å²) in [6, 6.07) is 0. The molecule has 0 radical (unpaired) electrons. The molecule has 1 heterocycles. The second kappa shape index (κ2) is 5.27. The number of nitrogens with zero attached hydrogens (tertiary/aromatic N) is 2. The summed E-state index contributed by atoms with van der Waals surface area (Å²) in [5.74, 6) is 0.241. The predicted octanol–water partition coefficient (Wildman–Crippen LogP) is -0.0556. The van der Waals surface area contributed by atoms with Gasteiger partial charge < -0.3 is 9.88 Å². The summed E-state index contributed by atoms with van der Waals surface area (Å²) in [6.45, 7) is 1.43. The lowest BCUT2D eigenvalue weighted by atomic mass is 10.4. The van der Waals surface area contributed by atoms with E-state index in [1.54, 1.807) is 12.5 Å². The lowest BCUT2D eigenvalue weighted by Crippen LogP contribution is -2.19. The second-order valence-corrected chi connectivity index (χ2v) is 5.92. The lowest BCUT2D eigenvalue weighted by Gasteiger charge is -2.04. The maximum Gasteiger partial charge on any atom is 0.147 e. The minimum Gasteiger partial charge on any atom is -0.337 e. The van der Waals surface area contributed by atoms with Gasteiger partial charge in [0.25, 0.3) is 0 Å². The first-order valence-corrected chi connectivity index (χ1v) is 6.89. The van der Waals surface area contributed by atoms with Crippen molar-refractivity contribution in [2.24, 2.45) is 7.05 Å². The predicted molar refractivity (Wildman–Crippen MR) is 59.2 cm³/mol. The maximum atomic E-state index is 10.8. The van der Waals surface area contributed by atoms with Crippen molar-refractivity contribution in [2.75, 3.05) is 18.6 Å². The molecule has 0 aromatic carbocycles. The Balaban J connectivity index is 2.15. The van der Waals surface area contributed by atoms with Crippen molar-refractivity contribution in [3.8, 4) is 0 Å². The third kappa shape index (κ3) is 4.94. The van der Waals surface area contributed by atoms with Gasteiger partial charge in [0, 0.05) is 26.0 Å². The molecular formula is C9H17N3O2S. The summed E-state index contributed by atoms with van der Waals surface area (Å²) in [5.41, 5.74) is 1.09. The Hall–Kier alpha value is -0.880. The minimum atomic E-state index is -2.82. The second-order valence-electron chi connectivity index (χ2n) is 3.66. The summed E-state index contributed by atoms with van der Waals surface area (Å²) in [4.78, 5) is 3.99. The highest BCUT2D eigenvalue weighted by atomic mass is 32.2. The zero-order chi connectivity index (χ0) is 11.3. The fraction of sp³-hybridized carbons (Fsp3) is 0.667. The van der Waals surface area contributed by atoms with Crippen LogP contribution in [0.25, 0.3) is 0 Å². The van der Waals surface area contributed by atoms with Gasteiger partial charge in [0.05, 0.1) is 17.8 Å². The van der Waals surface area contributed by atoms with Gasteiger partial charge in [-0.25, -0.2) is 13.4 Å². The Labute approximate surface area is 90.4 Å². The van der Waals surface area contributed by atoms with Crippen LogP contribution in [0, 0.1) is 0 Å². The van der Waals surface area contributed by atoms with Crippen LogP contribution < -0.4 is 5.32 Å². The zero-order valence-electron chi connectivity index (χ0n) is 9.10. The molecule has 0 aliphatic rings. The molecule has 1 aromatic rings. The van der Waals surface area contributed by atoms with Crippen LogP contribution in [0.15, 0.2) is 12.5 Å². The molecule has 0 atom stereocenters. The van der Waals surface area contributed by atoms with Crippen LogP contribution in [0.3, 0.4) is 0 Å². The molecule has 0 saturated heterocycles. The van der Waals surface area contributed by atoms with E-state index in [2.05, 4.69) is 10.3 Å². The molecule has 1 aromatic heterocycles. The van der Waals surface area contributed by atoms with Gasteiger partial charge in [0.1, 0.15) is 9.84 Å². The number of hydrogen-bond donors (Lipinski definition) is 1. The SMILES string of the molecule is Cn1cncc1CNCCCS(C)(=O)=O. The number of rotatable bonds is 6. The highest BCUT2D eigenvalue weighted by Crippen LogP contribution is 1.95. The van der Waals surface area contributed by atoms with E-state index in [-0.39, 0.29) is 5.75 Å². The number of hydrogen-bond acceptors (Lipinski definition) is 4. The van der Waals surface area contributed by atoms with Crippen LogP contribution in [0.2, 0.25) is 0 Å². The molecule has 0 unspecified atom stereocenters. The molecule has 86 valence electrons. The summed E-state index contributed by atoms with van der Waals surface area (Å²) < 4.78 is 23.6. The monoisotopic (exact) mass is 231 g/mol. The fourth-order valence-corrected chi connectivity index (χ4v) is 1.90. The topological polar surface area (TPSA) is 64.0 Å². The first-order valence-electron chi connectivity index (χ1n) is 4.83. The van der Waals surface area contributed by atoms with Gasteiger partial charge in [-0.1, -0.05) is 0 Å². The number of imidazole rings is 1. The molecule has 0 spiro atoms. The first-order chi connectivity index (χ1) is 6.99. The molecule has 0 bridgehead atoms. The van der Waals surface area contributed by atoms with E-state index < -0.39 is 9.84 Å². The standard InChI is InChI=1S/C9H17N3O2S/c1-12-8-11-7-9(12)6-10-4-3-5-15(2,13)14/h7-8,10H,3-6H2,1-2H3. The summed E-state index contributed by atoms with van der Waals surface area (Å²) >= 11 is 0. The fourth-order valence-electron chi connectivity index (χ4n) is 1.23. The third-order valence-corrected chi connectivity index (χ3v) is 3.12. The molecule has 0 fully saturated rings. The van der Waals surface area contributed by atoms with Gasteiger partial charge in [0.15, 0.2) is 0 Å². The van der Waals surface area contributed by atoms with Crippen LogP contribution >= 0.6 is 0 Å². The van der Waals surface area contributed by atoms with Crippen molar-refractivity contribution < 1.29 is 8.42 Å². The Morgan fingerprint density at radius 2 is 2.27 bits per heavy atom. The third-order valence-electron chi connectivity index (χ3n) is 2.09.